The molecule has 0 N–H and O–H groups in total. The molecule has 2 aromatic carbocycles. The number of hydrogen-bond acceptors (Lipinski definition) is 3. The van der Waals surface area contributed by atoms with Gasteiger partial charge in [-0.2, -0.15) is 5.10 Å². The van der Waals surface area contributed by atoms with Crippen LogP contribution in [0.3, 0.4) is 0 Å². The van der Waals surface area contributed by atoms with E-state index in [1.54, 1.807) is 16.8 Å². The Balaban J connectivity index is 2.34. The van der Waals surface area contributed by atoms with E-state index in [9.17, 15) is 9.18 Å². The van der Waals surface area contributed by atoms with Gasteiger partial charge in [-0.1, -0.05) is 24.3 Å². The zero-order chi connectivity index (χ0) is 16.6. The Hall–Kier alpha value is -2.69. The smallest absolute Gasteiger partial charge is 0.359 e. The number of esters is 1. The third-order valence-corrected chi connectivity index (χ3v) is 3.76. The van der Waals surface area contributed by atoms with Crippen LogP contribution < -0.4 is 0 Å². The number of halogens is 1. The fraction of sp³-hybridized carbons (Fsp3) is 0.222. The molecule has 3 rings (SSSR count). The van der Waals surface area contributed by atoms with Crippen LogP contribution in [0.2, 0.25) is 0 Å². The summed E-state index contributed by atoms with van der Waals surface area (Å²) in [7, 11) is 1.34. The summed E-state index contributed by atoms with van der Waals surface area (Å²) < 4.78 is 19.9. The average molecular weight is 312 g/mol. The van der Waals surface area contributed by atoms with Crippen molar-refractivity contribution in [2.24, 2.45) is 0 Å². The molecular formula is C18H17FN2O2. The van der Waals surface area contributed by atoms with Crippen LogP contribution in [-0.2, 0) is 4.74 Å². The Morgan fingerprint density at radius 2 is 1.87 bits per heavy atom. The number of carbonyl (C=O) groups is 1. The van der Waals surface area contributed by atoms with Gasteiger partial charge in [0.25, 0.3) is 0 Å². The number of fused-ring (bicyclic) bond motifs is 1. The molecule has 0 amide bonds. The first-order valence-corrected chi connectivity index (χ1v) is 7.38. The Kier molecular flexibility index (Phi) is 3.86. The lowest BCUT2D eigenvalue weighted by molar-refractivity contribution is 0.0595. The van der Waals surface area contributed by atoms with Crippen LogP contribution in [0.1, 0.15) is 30.4 Å². The molecule has 0 spiro atoms. The van der Waals surface area contributed by atoms with Crippen molar-refractivity contribution in [2.45, 2.75) is 19.9 Å². The minimum Gasteiger partial charge on any atom is -0.464 e. The molecule has 4 nitrogen and oxygen atoms in total. The number of aromatic nitrogens is 2. The molecule has 0 radical (unpaired) electrons. The summed E-state index contributed by atoms with van der Waals surface area (Å²) >= 11 is 0. The highest BCUT2D eigenvalue weighted by molar-refractivity contribution is 6.08. The fourth-order valence-corrected chi connectivity index (χ4v) is 2.69. The van der Waals surface area contributed by atoms with Gasteiger partial charge in [-0.25, -0.2) is 9.18 Å². The highest BCUT2D eigenvalue weighted by atomic mass is 19.1. The summed E-state index contributed by atoms with van der Waals surface area (Å²) in [5, 5.41) is 5.15. The molecule has 0 aliphatic rings. The first kappa shape index (κ1) is 15.2. The van der Waals surface area contributed by atoms with Crippen molar-refractivity contribution in [2.75, 3.05) is 7.11 Å². The molecule has 118 valence electrons. The molecule has 3 aromatic rings. The van der Waals surface area contributed by atoms with Crippen molar-refractivity contribution in [3.63, 3.8) is 0 Å². The number of ether oxygens (including phenoxy) is 1. The predicted octanol–water partition coefficient (Wildman–Crippen LogP) is 4.21. The van der Waals surface area contributed by atoms with E-state index < -0.39 is 5.97 Å². The maximum atomic E-state index is 13.2. The lowest BCUT2D eigenvalue weighted by atomic mass is 10.00. The molecule has 0 bridgehead atoms. The minimum absolute atomic E-state index is 0.0966. The number of carbonyl (C=O) groups excluding carboxylic acids is 1. The van der Waals surface area contributed by atoms with E-state index in [-0.39, 0.29) is 17.6 Å². The average Bonchev–Trinajstić information content (AvgIpc) is 2.95. The monoisotopic (exact) mass is 312 g/mol. The van der Waals surface area contributed by atoms with Gasteiger partial charge in [0.2, 0.25) is 0 Å². The topological polar surface area (TPSA) is 44.1 Å². The SMILES string of the molecule is COC(=O)c1nn(C(C)C)c2cccc(-c3ccc(F)cc3)c12. The van der Waals surface area contributed by atoms with Gasteiger partial charge in [0.15, 0.2) is 5.69 Å². The maximum absolute atomic E-state index is 13.2. The first-order valence-electron chi connectivity index (χ1n) is 7.38. The van der Waals surface area contributed by atoms with E-state index in [0.29, 0.717) is 0 Å². The molecule has 5 heteroatoms. The van der Waals surface area contributed by atoms with Crippen LogP contribution in [0.25, 0.3) is 22.0 Å². The van der Waals surface area contributed by atoms with Crippen molar-refractivity contribution in [3.05, 3.63) is 54.0 Å². The quantitative estimate of drug-likeness (QED) is 0.680. The fourth-order valence-electron chi connectivity index (χ4n) is 2.69. The molecule has 0 unspecified atom stereocenters. The molecule has 1 heterocycles. The van der Waals surface area contributed by atoms with Crippen molar-refractivity contribution >= 4 is 16.9 Å². The van der Waals surface area contributed by atoms with E-state index >= 15 is 0 Å². The van der Waals surface area contributed by atoms with Crippen molar-refractivity contribution in [3.8, 4) is 11.1 Å². The summed E-state index contributed by atoms with van der Waals surface area (Å²) in [5.41, 5.74) is 2.78. The zero-order valence-electron chi connectivity index (χ0n) is 13.2. The molecule has 0 saturated carbocycles. The summed E-state index contributed by atoms with van der Waals surface area (Å²) in [6.07, 6.45) is 0. The second-order valence-electron chi connectivity index (χ2n) is 5.59. The zero-order valence-corrected chi connectivity index (χ0v) is 13.2. The molecule has 1 aromatic heterocycles. The minimum atomic E-state index is -0.482. The Morgan fingerprint density at radius 3 is 2.48 bits per heavy atom. The van der Waals surface area contributed by atoms with Gasteiger partial charge < -0.3 is 4.74 Å². The Bertz CT molecular complexity index is 867. The molecule has 0 fully saturated rings. The lowest BCUT2D eigenvalue weighted by Crippen LogP contribution is -2.06. The Labute approximate surface area is 133 Å². The third-order valence-electron chi connectivity index (χ3n) is 3.76. The number of benzene rings is 2. The van der Waals surface area contributed by atoms with Gasteiger partial charge in [0.1, 0.15) is 5.82 Å². The molecular weight excluding hydrogens is 295 g/mol. The molecule has 0 saturated heterocycles. The summed E-state index contributed by atoms with van der Waals surface area (Å²) in [5.74, 6) is -0.782. The van der Waals surface area contributed by atoms with Crippen molar-refractivity contribution in [1.29, 1.82) is 0 Å². The molecule has 0 atom stereocenters. The lowest BCUT2D eigenvalue weighted by Gasteiger charge is -2.08. The Morgan fingerprint density at radius 1 is 1.17 bits per heavy atom. The first-order chi connectivity index (χ1) is 11.0. The van der Waals surface area contributed by atoms with Gasteiger partial charge in [-0.05, 0) is 43.2 Å². The third kappa shape index (κ3) is 2.59. The number of methoxy groups -OCH3 is 1. The van der Waals surface area contributed by atoms with Crippen LogP contribution in [0.15, 0.2) is 42.5 Å². The van der Waals surface area contributed by atoms with E-state index in [1.165, 1.54) is 19.2 Å². The van der Waals surface area contributed by atoms with E-state index in [0.717, 1.165) is 22.0 Å². The van der Waals surface area contributed by atoms with Crippen molar-refractivity contribution in [1.82, 2.24) is 9.78 Å². The van der Waals surface area contributed by atoms with Gasteiger partial charge in [0, 0.05) is 11.4 Å². The van der Waals surface area contributed by atoms with E-state index in [2.05, 4.69) is 5.10 Å². The molecule has 0 aliphatic heterocycles. The summed E-state index contributed by atoms with van der Waals surface area (Å²) in [6, 6.07) is 12.0. The van der Waals surface area contributed by atoms with Crippen LogP contribution in [0.5, 0.6) is 0 Å². The molecule has 23 heavy (non-hydrogen) atoms. The van der Waals surface area contributed by atoms with Gasteiger partial charge in [-0.3, -0.25) is 4.68 Å². The number of nitrogens with zero attached hydrogens (tertiary/aromatic N) is 2. The highest BCUT2D eigenvalue weighted by Crippen LogP contribution is 2.32. The van der Waals surface area contributed by atoms with Crippen molar-refractivity contribution < 1.29 is 13.9 Å². The van der Waals surface area contributed by atoms with Crippen LogP contribution >= 0.6 is 0 Å². The second kappa shape index (κ2) is 5.83. The van der Waals surface area contributed by atoms with E-state index in [4.69, 9.17) is 4.74 Å². The maximum Gasteiger partial charge on any atom is 0.359 e. The highest BCUT2D eigenvalue weighted by Gasteiger charge is 2.22. The summed E-state index contributed by atoms with van der Waals surface area (Å²) in [4.78, 5) is 12.1. The summed E-state index contributed by atoms with van der Waals surface area (Å²) in [6.45, 7) is 4.00. The standard InChI is InChI=1S/C18H17FN2O2/c1-11(2)21-15-6-4-5-14(12-7-9-13(19)10-8-12)16(15)17(20-21)18(22)23-3/h4-11H,1-3H3. The predicted molar refractivity (Wildman–Crippen MR) is 86.9 cm³/mol. The van der Waals surface area contributed by atoms with Crippen LogP contribution in [0.4, 0.5) is 4.39 Å². The van der Waals surface area contributed by atoms with Gasteiger partial charge in [-0.15, -0.1) is 0 Å². The van der Waals surface area contributed by atoms with Gasteiger partial charge >= 0.3 is 5.97 Å². The second-order valence-corrected chi connectivity index (χ2v) is 5.59. The largest absolute Gasteiger partial charge is 0.464 e. The van der Waals surface area contributed by atoms with Crippen LogP contribution in [-0.4, -0.2) is 22.9 Å². The molecule has 0 aliphatic carbocycles. The normalized spacial score (nSPS) is 11.2. The number of rotatable bonds is 3. The van der Waals surface area contributed by atoms with Crippen LogP contribution in [0, 0.1) is 5.82 Å². The number of hydrogen-bond donors (Lipinski definition) is 0. The van der Waals surface area contributed by atoms with E-state index in [1.807, 2.05) is 32.0 Å². The van der Waals surface area contributed by atoms with Gasteiger partial charge in [0.05, 0.1) is 12.6 Å².